The second-order valence-corrected chi connectivity index (χ2v) is 17.5. The summed E-state index contributed by atoms with van der Waals surface area (Å²) in [6.07, 6.45) is -1.22. The highest BCUT2D eigenvalue weighted by molar-refractivity contribution is 5.77. The number of carboxylic acids is 2. The molecule has 1 saturated heterocycles. The summed E-state index contributed by atoms with van der Waals surface area (Å²) in [4.78, 5) is 37.8. The minimum Gasteiger partial charge on any atom is -0.481 e. The van der Waals surface area contributed by atoms with E-state index in [0.717, 1.165) is 24.7 Å². The predicted molar refractivity (Wildman–Crippen MR) is 168 cm³/mol. The summed E-state index contributed by atoms with van der Waals surface area (Å²) in [5, 5.41) is 63.2. The van der Waals surface area contributed by atoms with Gasteiger partial charge in [0.2, 0.25) is 0 Å². The number of carbonyl (C=O) groups is 3. The van der Waals surface area contributed by atoms with Gasteiger partial charge in [-0.3, -0.25) is 4.79 Å². The molecule has 15 unspecified atom stereocenters. The molecular formula is C36H54O11. The minimum absolute atomic E-state index is 0.115. The number of aliphatic hydroxyl groups excluding tert-OH is 4. The Hall–Kier alpha value is -1.89. The van der Waals surface area contributed by atoms with Crippen molar-refractivity contribution in [1.82, 2.24) is 0 Å². The fourth-order valence-electron chi connectivity index (χ4n) is 12.0. The number of hydrogen-bond donors (Lipinski definition) is 6. The molecule has 11 nitrogen and oxygen atoms in total. The number of aldehydes is 1. The van der Waals surface area contributed by atoms with E-state index in [0.29, 0.717) is 44.9 Å². The highest BCUT2D eigenvalue weighted by Gasteiger charge is 2.71. The van der Waals surface area contributed by atoms with Crippen LogP contribution in [-0.4, -0.2) is 91.8 Å². The first-order chi connectivity index (χ1) is 21.7. The Bertz CT molecular complexity index is 1350. The Morgan fingerprint density at radius 3 is 2.13 bits per heavy atom. The number of aliphatic hydroxyl groups is 4. The standard InChI is InChI=1S/C36H54O11/c1-31(2)13-15-36(30(44)45)16-14-34(5)18(22(36)27(31)41)7-8-20-32(3)11-10-21(33(4,17-37)19(32)9-12-35(20,34)6)46-29-25(40)23(38)24(39)26(47-29)28(42)43/h7,17,19-27,29,38-41H,8-16H2,1-6H3,(H,42,43)(H,44,45). The van der Waals surface area contributed by atoms with Crippen LogP contribution in [-0.2, 0) is 23.9 Å². The Morgan fingerprint density at radius 1 is 0.851 bits per heavy atom. The molecule has 264 valence electrons. The Morgan fingerprint density at radius 2 is 1.51 bits per heavy atom. The first-order valence-corrected chi connectivity index (χ1v) is 17.4. The summed E-state index contributed by atoms with van der Waals surface area (Å²) in [5.74, 6) is -2.72. The van der Waals surface area contributed by atoms with Gasteiger partial charge >= 0.3 is 11.9 Å². The SMILES string of the molecule is CC1(C)CCC2(C(=O)O)CCC3(C)C(=CCC4C5(C)CCC(OC6OC(C(=O)O)C(O)C(O)C6O)C(C)(C=O)C5CCC43C)C2C1O. The van der Waals surface area contributed by atoms with Crippen molar-refractivity contribution < 1.29 is 54.5 Å². The van der Waals surface area contributed by atoms with Crippen molar-refractivity contribution >= 4 is 18.2 Å². The zero-order chi connectivity index (χ0) is 34.7. The van der Waals surface area contributed by atoms with Gasteiger partial charge in [0.15, 0.2) is 12.4 Å². The maximum absolute atomic E-state index is 13.1. The van der Waals surface area contributed by atoms with Gasteiger partial charge in [0, 0.05) is 5.92 Å². The Kier molecular flexibility index (Phi) is 8.22. The van der Waals surface area contributed by atoms with Crippen molar-refractivity contribution in [3.8, 4) is 0 Å². The molecule has 0 aromatic heterocycles. The van der Waals surface area contributed by atoms with Gasteiger partial charge < -0.3 is 44.9 Å². The molecular weight excluding hydrogens is 608 g/mol. The maximum Gasteiger partial charge on any atom is 0.335 e. The molecule has 5 aliphatic carbocycles. The van der Waals surface area contributed by atoms with Gasteiger partial charge in [-0.25, -0.2) is 4.79 Å². The molecule has 11 heteroatoms. The minimum atomic E-state index is -1.84. The molecule has 1 aliphatic heterocycles. The van der Waals surface area contributed by atoms with Crippen LogP contribution in [0.15, 0.2) is 11.6 Å². The lowest BCUT2D eigenvalue weighted by Crippen LogP contribution is -2.67. The molecule has 6 N–H and O–H groups in total. The summed E-state index contributed by atoms with van der Waals surface area (Å²) in [6, 6.07) is 0. The van der Waals surface area contributed by atoms with E-state index in [1.54, 1.807) is 0 Å². The number of carboxylic acid groups (broad SMARTS) is 2. The average Bonchev–Trinajstić information content (AvgIpc) is 3.00. The van der Waals surface area contributed by atoms with Crippen LogP contribution in [0.2, 0.25) is 0 Å². The zero-order valence-electron chi connectivity index (χ0n) is 28.5. The molecule has 0 spiro atoms. The molecule has 6 rings (SSSR count). The molecule has 15 atom stereocenters. The second-order valence-electron chi connectivity index (χ2n) is 17.5. The lowest BCUT2D eigenvalue weighted by Gasteiger charge is -2.71. The van der Waals surface area contributed by atoms with Crippen LogP contribution >= 0.6 is 0 Å². The number of ether oxygens (including phenoxy) is 2. The van der Waals surface area contributed by atoms with Crippen LogP contribution in [0.25, 0.3) is 0 Å². The third-order valence-corrected chi connectivity index (χ3v) is 15.3. The number of allylic oxidation sites excluding steroid dienone is 1. The largest absolute Gasteiger partial charge is 0.481 e. The third kappa shape index (κ3) is 4.55. The van der Waals surface area contributed by atoms with E-state index in [-0.39, 0.29) is 28.1 Å². The Balaban J connectivity index is 1.33. The molecule has 1 heterocycles. The van der Waals surface area contributed by atoms with Crippen molar-refractivity contribution in [2.75, 3.05) is 0 Å². The summed E-state index contributed by atoms with van der Waals surface area (Å²) >= 11 is 0. The van der Waals surface area contributed by atoms with Gasteiger partial charge in [0.05, 0.1) is 23.0 Å². The van der Waals surface area contributed by atoms with Gasteiger partial charge in [-0.2, -0.15) is 0 Å². The molecule has 6 aliphatic rings. The Labute approximate surface area is 276 Å². The van der Waals surface area contributed by atoms with Crippen molar-refractivity contribution in [1.29, 1.82) is 0 Å². The number of fused-ring (bicyclic) bond motifs is 7. The van der Waals surface area contributed by atoms with Crippen LogP contribution in [0.3, 0.4) is 0 Å². The van der Waals surface area contributed by atoms with Gasteiger partial charge in [-0.05, 0) is 91.3 Å². The molecule has 0 radical (unpaired) electrons. The van der Waals surface area contributed by atoms with Crippen molar-refractivity contribution in [2.24, 2.45) is 50.2 Å². The molecule has 0 amide bonds. The number of rotatable bonds is 5. The highest BCUT2D eigenvalue weighted by atomic mass is 16.7. The predicted octanol–water partition coefficient (Wildman–Crippen LogP) is 3.30. The van der Waals surface area contributed by atoms with Crippen molar-refractivity contribution in [3.05, 3.63) is 11.6 Å². The quantitative estimate of drug-likeness (QED) is 0.144. The summed E-state index contributed by atoms with van der Waals surface area (Å²) in [5.41, 5.74) is -2.16. The van der Waals surface area contributed by atoms with E-state index in [9.17, 15) is 45.0 Å². The lowest BCUT2D eigenvalue weighted by molar-refractivity contribution is -0.321. The van der Waals surface area contributed by atoms with Gasteiger partial charge in [0.25, 0.3) is 0 Å². The molecule has 0 bridgehead atoms. The zero-order valence-corrected chi connectivity index (χ0v) is 28.5. The average molecular weight is 663 g/mol. The van der Waals surface area contributed by atoms with Gasteiger partial charge in [-0.15, -0.1) is 0 Å². The monoisotopic (exact) mass is 662 g/mol. The summed E-state index contributed by atoms with van der Waals surface area (Å²) in [7, 11) is 0. The first kappa shape index (κ1) is 35.0. The van der Waals surface area contributed by atoms with Crippen molar-refractivity contribution in [2.45, 2.75) is 142 Å². The van der Waals surface area contributed by atoms with E-state index in [1.165, 1.54) is 0 Å². The number of aliphatic carboxylic acids is 2. The van der Waals surface area contributed by atoms with Crippen LogP contribution < -0.4 is 0 Å². The van der Waals surface area contributed by atoms with E-state index in [2.05, 4.69) is 26.8 Å². The fraction of sp³-hybridized carbons (Fsp3) is 0.861. The van der Waals surface area contributed by atoms with E-state index >= 15 is 0 Å². The van der Waals surface area contributed by atoms with Gasteiger partial charge in [-0.1, -0.05) is 53.2 Å². The molecule has 5 fully saturated rings. The van der Waals surface area contributed by atoms with E-state index in [1.807, 2.05) is 20.8 Å². The normalized spacial score (nSPS) is 53.7. The van der Waals surface area contributed by atoms with Gasteiger partial charge in [0.1, 0.15) is 24.6 Å². The van der Waals surface area contributed by atoms with Crippen LogP contribution in [0, 0.1) is 50.2 Å². The number of hydrogen-bond acceptors (Lipinski definition) is 9. The van der Waals surface area contributed by atoms with E-state index < -0.39 is 77.0 Å². The molecule has 0 aromatic rings. The topological polar surface area (TPSA) is 191 Å². The van der Waals surface area contributed by atoms with Crippen molar-refractivity contribution in [3.63, 3.8) is 0 Å². The van der Waals surface area contributed by atoms with Crippen LogP contribution in [0.5, 0.6) is 0 Å². The summed E-state index contributed by atoms with van der Waals surface area (Å²) < 4.78 is 11.6. The number of carbonyl (C=O) groups excluding carboxylic acids is 1. The lowest BCUT2D eigenvalue weighted by atomic mass is 9.33. The molecule has 47 heavy (non-hydrogen) atoms. The maximum atomic E-state index is 13.1. The summed E-state index contributed by atoms with van der Waals surface area (Å²) in [6.45, 7) is 12.8. The fourth-order valence-corrected chi connectivity index (χ4v) is 12.0. The molecule has 4 saturated carbocycles. The van der Waals surface area contributed by atoms with Crippen LogP contribution in [0.1, 0.15) is 99.3 Å². The second kappa shape index (κ2) is 11.1. The van der Waals surface area contributed by atoms with E-state index in [4.69, 9.17) is 9.47 Å². The van der Waals surface area contributed by atoms with Crippen LogP contribution in [0.4, 0.5) is 0 Å². The smallest absolute Gasteiger partial charge is 0.335 e. The third-order valence-electron chi connectivity index (χ3n) is 15.3. The highest BCUT2D eigenvalue weighted by Crippen LogP contribution is 2.75. The first-order valence-electron chi connectivity index (χ1n) is 17.4. The molecule has 0 aromatic carbocycles.